The van der Waals surface area contributed by atoms with Crippen molar-refractivity contribution in [1.82, 2.24) is 0 Å². The summed E-state index contributed by atoms with van der Waals surface area (Å²) in [5.41, 5.74) is -0.759. The number of hydrogen-bond donors (Lipinski definition) is 2. The Balaban J connectivity index is 2.02. The predicted molar refractivity (Wildman–Crippen MR) is 96.8 cm³/mol. The van der Waals surface area contributed by atoms with Gasteiger partial charge in [-0.1, -0.05) is 33.3 Å². The van der Waals surface area contributed by atoms with Gasteiger partial charge in [-0.05, 0) is 67.8 Å². The van der Waals surface area contributed by atoms with Crippen molar-refractivity contribution in [3.8, 4) is 0 Å². The lowest BCUT2D eigenvalue weighted by Crippen LogP contribution is -2.65. The highest BCUT2D eigenvalue weighted by atomic mass is 16.5. The Morgan fingerprint density at radius 1 is 1.24 bits per heavy atom. The van der Waals surface area contributed by atoms with Crippen molar-refractivity contribution in [2.24, 2.45) is 28.6 Å². The van der Waals surface area contributed by atoms with Gasteiger partial charge in [0, 0.05) is 0 Å². The Morgan fingerprint density at radius 3 is 2.52 bits per heavy atom. The molecule has 3 rings (SSSR count). The van der Waals surface area contributed by atoms with Gasteiger partial charge >= 0.3 is 5.97 Å². The molecule has 0 aliphatic heterocycles. The van der Waals surface area contributed by atoms with Crippen molar-refractivity contribution >= 4 is 5.97 Å². The summed E-state index contributed by atoms with van der Waals surface area (Å²) in [6, 6.07) is 0. The molecule has 25 heavy (non-hydrogen) atoms. The molecule has 0 amide bonds. The van der Waals surface area contributed by atoms with Gasteiger partial charge in [0.15, 0.2) is 0 Å². The largest absolute Gasteiger partial charge is 0.469 e. The van der Waals surface area contributed by atoms with Crippen LogP contribution in [0.3, 0.4) is 0 Å². The lowest BCUT2D eigenvalue weighted by Gasteiger charge is -2.63. The van der Waals surface area contributed by atoms with Gasteiger partial charge in [-0.3, -0.25) is 4.79 Å². The van der Waals surface area contributed by atoms with Crippen LogP contribution in [-0.2, 0) is 9.53 Å². The van der Waals surface area contributed by atoms with Gasteiger partial charge in [0.2, 0.25) is 0 Å². The number of fused-ring (bicyclic) bond motifs is 3. The van der Waals surface area contributed by atoms with E-state index in [4.69, 9.17) is 4.74 Å². The standard InChI is InChI=1S/C21H34O4/c1-13(2)14-7-8-16-19(3)10-6-11-20(4,18(23)25-5)15(19)9-12-21(16,24)17(14)22/h7,13,15-17,22,24H,6,8-12H2,1-5H3/t15-,16-,17+,19+,20-,21-/m1/s1. The number of aliphatic hydroxyl groups excluding tert-OH is 1. The molecular weight excluding hydrogens is 316 g/mol. The molecule has 2 fully saturated rings. The maximum absolute atomic E-state index is 12.6. The van der Waals surface area contributed by atoms with Crippen LogP contribution in [0.1, 0.15) is 66.2 Å². The first-order valence-electron chi connectivity index (χ1n) is 9.80. The lowest BCUT2D eigenvalue weighted by molar-refractivity contribution is -0.218. The number of esters is 1. The second-order valence-corrected chi connectivity index (χ2v) is 9.40. The summed E-state index contributed by atoms with van der Waals surface area (Å²) < 4.78 is 5.15. The van der Waals surface area contributed by atoms with Crippen molar-refractivity contribution in [2.75, 3.05) is 7.11 Å². The molecule has 0 unspecified atom stereocenters. The number of hydrogen-bond acceptors (Lipinski definition) is 4. The van der Waals surface area contributed by atoms with Crippen LogP contribution in [0.25, 0.3) is 0 Å². The summed E-state index contributed by atoms with van der Waals surface area (Å²) in [6.45, 7) is 8.41. The van der Waals surface area contributed by atoms with Crippen LogP contribution in [0.2, 0.25) is 0 Å². The van der Waals surface area contributed by atoms with Crippen molar-refractivity contribution in [3.63, 3.8) is 0 Å². The lowest BCUT2D eigenvalue weighted by atomic mass is 9.43. The van der Waals surface area contributed by atoms with Crippen molar-refractivity contribution in [2.45, 2.75) is 77.9 Å². The number of carbonyl (C=O) groups excluding carboxylic acids is 1. The fraction of sp³-hybridized carbons (Fsp3) is 0.857. The van der Waals surface area contributed by atoms with Gasteiger partial charge in [0.05, 0.1) is 18.1 Å². The molecule has 4 heteroatoms. The van der Waals surface area contributed by atoms with E-state index in [2.05, 4.69) is 26.8 Å². The molecule has 2 saturated carbocycles. The first-order valence-corrected chi connectivity index (χ1v) is 9.80. The minimum atomic E-state index is -1.08. The molecule has 3 aliphatic rings. The first-order chi connectivity index (χ1) is 11.6. The third-order valence-electron chi connectivity index (χ3n) is 7.91. The van der Waals surface area contributed by atoms with E-state index in [9.17, 15) is 15.0 Å². The SMILES string of the molecule is COC(=O)[C@]1(C)CCC[C@]2(C)[C@H]3CC=C(C(C)C)[C@H](O)[C@@]3(O)CC[C@H]21. The summed E-state index contributed by atoms with van der Waals surface area (Å²) >= 11 is 0. The predicted octanol–water partition coefficient (Wildman–Crippen LogP) is 3.46. The second-order valence-electron chi connectivity index (χ2n) is 9.40. The van der Waals surface area contributed by atoms with Crippen LogP contribution in [0.4, 0.5) is 0 Å². The zero-order chi connectivity index (χ0) is 18.6. The van der Waals surface area contributed by atoms with Crippen molar-refractivity contribution in [1.29, 1.82) is 0 Å². The normalized spacial score (nSPS) is 46.9. The molecular formula is C21H34O4. The van der Waals surface area contributed by atoms with Gasteiger partial charge in [0.1, 0.15) is 6.10 Å². The summed E-state index contributed by atoms with van der Waals surface area (Å²) in [6.07, 6.45) is 6.25. The third kappa shape index (κ3) is 2.51. The highest BCUT2D eigenvalue weighted by Crippen LogP contribution is 2.65. The molecule has 0 bridgehead atoms. The Hall–Kier alpha value is -0.870. The number of allylic oxidation sites excluding steroid dienone is 1. The van der Waals surface area contributed by atoms with E-state index in [0.29, 0.717) is 6.42 Å². The zero-order valence-electron chi connectivity index (χ0n) is 16.3. The monoisotopic (exact) mass is 350 g/mol. The molecule has 0 heterocycles. The van der Waals surface area contributed by atoms with Gasteiger partial charge < -0.3 is 14.9 Å². The molecule has 0 aromatic rings. The molecule has 0 aromatic heterocycles. The quantitative estimate of drug-likeness (QED) is 0.591. The highest BCUT2D eigenvalue weighted by molar-refractivity contribution is 5.77. The van der Waals surface area contributed by atoms with Crippen LogP contribution >= 0.6 is 0 Å². The molecule has 142 valence electrons. The smallest absolute Gasteiger partial charge is 0.311 e. The molecule has 6 atom stereocenters. The van der Waals surface area contributed by atoms with E-state index in [1.165, 1.54) is 7.11 Å². The number of carbonyl (C=O) groups is 1. The van der Waals surface area contributed by atoms with Crippen LogP contribution < -0.4 is 0 Å². The minimum Gasteiger partial charge on any atom is -0.469 e. The molecule has 0 saturated heterocycles. The minimum absolute atomic E-state index is 0.0134. The Labute approximate surface area is 151 Å². The third-order valence-corrected chi connectivity index (χ3v) is 7.91. The molecule has 4 nitrogen and oxygen atoms in total. The van der Waals surface area contributed by atoms with Gasteiger partial charge in [-0.2, -0.15) is 0 Å². The highest BCUT2D eigenvalue weighted by Gasteiger charge is 2.64. The van der Waals surface area contributed by atoms with E-state index in [1.54, 1.807) is 0 Å². The molecule has 3 aliphatic carbocycles. The van der Waals surface area contributed by atoms with E-state index in [-0.39, 0.29) is 29.1 Å². The van der Waals surface area contributed by atoms with Crippen molar-refractivity contribution < 1.29 is 19.7 Å². The Kier molecular flexibility index (Phi) is 4.61. The molecule has 0 spiro atoms. The van der Waals surface area contributed by atoms with Gasteiger partial charge in [0.25, 0.3) is 0 Å². The number of ether oxygens (including phenoxy) is 1. The average Bonchev–Trinajstić information content (AvgIpc) is 2.55. The fourth-order valence-corrected chi connectivity index (χ4v) is 6.58. The second kappa shape index (κ2) is 6.09. The molecule has 0 radical (unpaired) electrons. The summed E-state index contributed by atoms with van der Waals surface area (Å²) in [7, 11) is 1.47. The van der Waals surface area contributed by atoms with Crippen LogP contribution in [0, 0.1) is 28.6 Å². The Morgan fingerprint density at radius 2 is 1.92 bits per heavy atom. The number of methoxy groups -OCH3 is 1. The maximum atomic E-state index is 12.6. The van der Waals surface area contributed by atoms with Crippen LogP contribution in [0.5, 0.6) is 0 Å². The topological polar surface area (TPSA) is 66.8 Å². The van der Waals surface area contributed by atoms with Crippen LogP contribution in [-0.4, -0.2) is 35.0 Å². The van der Waals surface area contributed by atoms with Crippen LogP contribution in [0.15, 0.2) is 11.6 Å². The summed E-state index contributed by atoms with van der Waals surface area (Å²) in [5, 5.41) is 22.5. The molecule has 2 N–H and O–H groups in total. The van der Waals surface area contributed by atoms with Gasteiger partial charge in [-0.25, -0.2) is 0 Å². The van der Waals surface area contributed by atoms with E-state index in [0.717, 1.165) is 37.7 Å². The number of rotatable bonds is 2. The maximum Gasteiger partial charge on any atom is 0.311 e. The van der Waals surface area contributed by atoms with Crippen molar-refractivity contribution in [3.05, 3.63) is 11.6 Å². The average molecular weight is 350 g/mol. The van der Waals surface area contributed by atoms with E-state index < -0.39 is 17.1 Å². The molecule has 0 aromatic carbocycles. The zero-order valence-corrected chi connectivity index (χ0v) is 16.3. The number of aliphatic hydroxyl groups is 2. The van der Waals surface area contributed by atoms with E-state index >= 15 is 0 Å². The Bertz CT molecular complexity index is 582. The summed E-state index contributed by atoms with van der Waals surface area (Å²) in [4.78, 5) is 12.6. The summed E-state index contributed by atoms with van der Waals surface area (Å²) in [5.74, 6) is 0.286. The fourth-order valence-electron chi connectivity index (χ4n) is 6.58. The van der Waals surface area contributed by atoms with Gasteiger partial charge in [-0.15, -0.1) is 0 Å². The first kappa shape index (κ1) is 18.9. The van der Waals surface area contributed by atoms with E-state index in [1.807, 2.05) is 6.92 Å².